The van der Waals surface area contributed by atoms with Crippen molar-refractivity contribution >= 4 is 5.91 Å². The standard InChI is InChI=1S/C16H25NO/c1-6-17(7-2)15(18)12-13-8-10-14(11-9-13)16(3,4)5/h8-11H,6-7,12H2,1-5H3. The highest BCUT2D eigenvalue weighted by molar-refractivity contribution is 5.78. The van der Waals surface area contributed by atoms with Gasteiger partial charge in [-0.2, -0.15) is 0 Å². The summed E-state index contributed by atoms with van der Waals surface area (Å²) in [5.74, 6) is 0.212. The summed E-state index contributed by atoms with van der Waals surface area (Å²) in [4.78, 5) is 13.9. The minimum Gasteiger partial charge on any atom is -0.343 e. The van der Waals surface area contributed by atoms with Crippen molar-refractivity contribution in [1.29, 1.82) is 0 Å². The summed E-state index contributed by atoms with van der Waals surface area (Å²) in [5.41, 5.74) is 2.57. The van der Waals surface area contributed by atoms with Gasteiger partial charge in [-0.25, -0.2) is 0 Å². The van der Waals surface area contributed by atoms with Crippen LogP contribution < -0.4 is 0 Å². The van der Waals surface area contributed by atoms with Gasteiger partial charge in [0.2, 0.25) is 5.91 Å². The van der Waals surface area contributed by atoms with E-state index in [0.717, 1.165) is 18.7 Å². The highest BCUT2D eigenvalue weighted by atomic mass is 16.2. The normalized spacial score (nSPS) is 11.4. The zero-order valence-electron chi connectivity index (χ0n) is 12.3. The van der Waals surface area contributed by atoms with Crippen LogP contribution in [-0.4, -0.2) is 23.9 Å². The fraction of sp³-hybridized carbons (Fsp3) is 0.562. The van der Waals surface area contributed by atoms with Crippen LogP contribution in [0.25, 0.3) is 0 Å². The van der Waals surface area contributed by atoms with Gasteiger partial charge in [0.25, 0.3) is 0 Å². The number of benzene rings is 1. The van der Waals surface area contributed by atoms with Crippen LogP contribution in [0.3, 0.4) is 0 Å². The molecule has 2 heteroatoms. The molecule has 2 nitrogen and oxygen atoms in total. The first-order valence-electron chi connectivity index (χ1n) is 6.75. The average Bonchev–Trinajstić information content (AvgIpc) is 2.30. The molecule has 1 aromatic rings. The fourth-order valence-corrected chi connectivity index (χ4v) is 1.99. The first-order chi connectivity index (χ1) is 8.38. The number of amides is 1. The molecule has 1 rings (SSSR count). The Bertz CT molecular complexity index is 383. The molecule has 0 radical (unpaired) electrons. The molecular formula is C16H25NO. The Balaban J connectivity index is 2.72. The van der Waals surface area contributed by atoms with Gasteiger partial charge in [-0.05, 0) is 30.4 Å². The van der Waals surface area contributed by atoms with E-state index in [2.05, 4.69) is 45.0 Å². The highest BCUT2D eigenvalue weighted by Crippen LogP contribution is 2.22. The number of rotatable bonds is 4. The van der Waals surface area contributed by atoms with Gasteiger partial charge in [0.15, 0.2) is 0 Å². The monoisotopic (exact) mass is 247 g/mol. The Hall–Kier alpha value is -1.31. The minimum absolute atomic E-state index is 0.168. The second kappa shape index (κ2) is 6.03. The molecule has 0 aliphatic carbocycles. The van der Waals surface area contributed by atoms with Gasteiger partial charge in [0, 0.05) is 13.1 Å². The molecule has 0 heterocycles. The smallest absolute Gasteiger partial charge is 0.226 e. The number of hydrogen-bond acceptors (Lipinski definition) is 1. The van der Waals surface area contributed by atoms with Crippen molar-refractivity contribution in [1.82, 2.24) is 4.90 Å². The molecule has 0 aromatic heterocycles. The van der Waals surface area contributed by atoms with Gasteiger partial charge >= 0.3 is 0 Å². The predicted octanol–water partition coefficient (Wildman–Crippen LogP) is 3.40. The van der Waals surface area contributed by atoms with E-state index < -0.39 is 0 Å². The summed E-state index contributed by atoms with van der Waals surface area (Å²) in [6.45, 7) is 12.2. The lowest BCUT2D eigenvalue weighted by molar-refractivity contribution is -0.130. The number of hydrogen-bond donors (Lipinski definition) is 0. The fourth-order valence-electron chi connectivity index (χ4n) is 1.99. The molecule has 100 valence electrons. The first-order valence-corrected chi connectivity index (χ1v) is 6.75. The molecule has 0 N–H and O–H groups in total. The predicted molar refractivity (Wildman–Crippen MR) is 76.8 cm³/mol. The van der Waals surface area contributed by atoms with Crippen molar-refractivity contribution in [3.05, 3.63) is 35.4 Å². The maximum Gasteiger partial charge on any atom is 0.226 e. The third-order valence-corrected chi connectivity index (χ3v) is 3.29. The van der Waals surface area contributed by atoms with Crippen LogP contribution in [0.5, 0.6) is 0 Å². The Morgan fingerprint density at radius 2 is 1.56 bits per heavy atom. The van der Waals surface area contributed by atoms with Crippen molar-refractivity contribution in [3.63, 3.8) is 0 Å². The van der Waals surface area contributed by atoms with E-state index in [9.17, 15) is 4.79 Å². The van der Waals surface area contributed by atoms with E-state index in [-0.39, 0.29) is 11.3 Å². The lowest BCUT2D eigenvalue weighted by Gasteiger charge is -2.20. The van der Waals surface area contributed by atoms with E-state index in [1.165, 1.54) is 5.56 Å². The molecule has 0 saturated carbocycles. The van der Waals surface area contributed by atoms with Crippen molar-refractivity contribution in [2.45, 2.75) is 46.5 Å². The molecule has 0 spiro atoms. The molecule has 0 saturated heterocycles. The summed E-state index contributed by atoms with van der Waals surface area (Å²) in [5, 5.41) is 0. The average molecular weight is 247 g/mol. The summed E-state index contributed by atoms with van der Waals surface area (Å²) in [6, 6.07) is 8.40. The Morgan fingerprint density at radius 1 is 1.06 bits per heavy atom. The second-order valence-electron chi connectivity index (χ2n) is 5.69. The van der Waals surface area contributed by atoms with Gasteiger partial charge in [-0.3, -0.25) is 4.79 Å². The Morgan fingerprint density at radius 3 is 1.94 bits per heavy atom. The molecule has 1 aromatic carbocycles. The van der Waals surface area contributed by atoms with Crippen molar-refractivity contribution < 1.29 is 4.79 Å². The molecule has 0 bridgehead atoms. The number of nitrogens with zero attached hydrogens (tertiary/aromatic N) is 1. The lowest BCUT2D eigenvalue weighted by Crippen LogP contribution is -2.31. The molecule has 0 unspecified atom stereocenters. The summed E-state index contributed by atoms with van der Waals surface area (Å²) in [7, 11) is 0. The van der Waals surface area contributed by atoms with Crippen LogP contribution in [0.1, 0.15) is 45.7 Å². The van der Waals surface area contributed by atoms with Gasteiger partial charge in [0.05, 0.1) is 6.42 Å². The van der Waals surface area contributed by atoms with Gasteiger partial charge in [-0.15, -0.1) is 0 Å². The lowest BCUT2D eigenvalue weighted by atomic mass is 9.86. The summed E-state index contributed by atoms with van der Waals surface area (Å²) in [6.07, 6.45) is 0.506. The SMILES string of the molecule is CCN(CC)C(=O)Cc1ccc(C(C)(C)C)cc1. The quantitative estimate of drug-likeness (QED) is 0.798. The van der Waals surface area contributed by atoms with Crippen molar-refractivity contribution in [3.8, 4) is 0 Å². The van der Waals surface area contributed by atoms with Crippen LogP contribution in [0.4, 0.5) is 0 Å². The summed E-state index contributed by atoms with van der Waals surface area (Å²) >= 11 is 0. The third kappa shape index (κ3) is 3.86. The molecular weight excluding hydrogens is 222 g/mol. The largest absolute Gasteiger partial charge is 0.343 e. The molecule has 0 atom stereocenters. The van der Waals surface area contributed by atoms with Crippen LogP contribution in [0.15, 0.2) is 24.3 Å². The molecule has 0 aliphatic rings. The van der Waals surface area contributed by atoms with E-state index in [1.54, 1.807) is 0 Å². The summed E-state index contributed by atoms with van der Waals surface area (Å²) < 4.78 is 0. The van der Waals surface area contributed by atoms with Crippen molar-refractivity contribution in [2.75, 3.05) is 13.1 Å². The first kappa shape index (κ1) is 14.7. The molecule has 0 aliphatic heterocycles. The molecule has 1 amide bonds. The Labute approximate surface area is 111 Å². The zero-order chi connectivity index (χ0) is 13.8. The molecule has 0 fully saturated rings. The third-order valence-electron chi connectivity index (χ3n) is 3.29. The van der Waals surface area contributed by atoms with Crippen LogP contribution >= 0.6 is 0 Å². The van der Waals surface area contributed by atoms with Crippen LogP contribution in [0, 0.1) is 0 Å². The van der Waals surface area contributed by atoms with Gasteiger partial charge in [0.1, 0.15) is 0 Å². The zero-order valence-corrected chi connectivity index (χ0v) is 12.3. The maximum atomic E-state index is 12.0. The van der Waals surface area contributed by atoms with Crippen LogP contribution in [-0.2, 0) is 16.6 Å². The van der Waals surface area contributed by atoms with Crippen LogP contribution in [0.2, 0.25) is 0 Å². The Kier molecular flexibility index (Phi) is 4.94. The van der Waals surface area contributed by atoms with E-state index in [0.29, 0.717) is 6.42 Å². The molecule has 18 heavy (non-hydrogen) atoms. The number of likely N-dealkylation sites (N-methyl/N-ethyl adjacent to an activating group) is 1. The highest BCUT2D eigenvalue weighted by Gasteiger charge is 2.14. The second-order valence-corrected chi connectivity index (χ2v) is 5.69. The van der Waals surface area contributed by atoms with Gasteiger partial charge < -0.3 is 4.90 Å². The topological polar surface area (TPSA) is 20.3 Å². The number of carbonyl (C=O) groups is 1. The maximum absolute atomic E-state index is 12.0. The minimum atomic E-state index is 0.168. The van der Waals surface area contributed by atoms with E-state index >= 15 is 0 Å². The van der Waals surface area contributed by atoms with E-state index in [4.69, 9.17) is 0 Å². The van der Waals surface area contributed by atoms with E-state index in [1.807, 2.05) is 18.7 Å². The van der Waals surface area contributed by atoms with Gasteiger partial charge in [-0.1, -0.05) is 45.0 Å². The van der Waals surface area contributed by atoms with Crippen molar-refractivity contribution in [2.24, 2.45) is 0 Å². The number of carbonyl (C=O) groups excluding carboxylic acids is 1.